The molecule has 0 fully saturated rings. The van der Waals surface area contributed by atoms with Crippen LogP contribution in [0.25, 0.3) is 6.08 Å². The predicted octanol–water partition coefficient (Wildman–Crippen LogP) is 3.54. The first-order valence-corrected chi connectivity index (χ1v) is 6.46. The van der Waals surface area contributed by atoms with Gasteiger partial charge < -0.3 is 11.1 Å². The molecule has 2 aromatic rings. The van der Waals surface area contributed by atoms with E-state index in [4.69, 9.17) is 5.73 Å². The second kappa shape index (κ2) is 6.06. The lowest BCUT2D eigenvalue weighted by Crippen LogP contribution is -2.09. The average Bonchev–Trinajstić information content (AvgIpc) is 2.42. The average molecular weight is 266 g/mol. The number of rotatable bonds is 3. The highest BCUT2D eigenvalue weighted by atomic mass is 16.1. The first-order chi connectivity index (χ1) is 9.54. The summed E-state index contributed by atoms with van der Waals surface area (Å²) < 4.78 is 0. The molecule has 3 nitrogen and oxygen atoms in total. The van der Waals surface area contributed by atoms with E-state index in [0.717, 1.165) is 16.8 Å². The van der Waals surface area contributed by atoms with E-state index in [-0.39, 0.29) is 5.91 Å². The zero-order valence-electron chi connectivity index (χ0n) is 11.7. The minimum atomic E-state index is -0.167. The summed E-state index contributed by atoms with van der Waals surface area (Å²) in [6.07, 6.45) is 3.31. The largest absolute Gasteiger partial charge is 0.399 e. The van der Waals surface area contributed by atoms with Crippen molar-refractivity contribution in [2.75, 3.05) is 11.1 Å². The van der Waals surface area contributed by atoms with E-state index in [2.05, 4.69) is 5.32 Å². The predicted molar refractivity (Wildman–Crippen MR) is 84.4 cm³/mol. The van der Waals surface area contributed by atoms with Crippen LogP contribution in [0, 0.1) is 13.8 Å². The van der Waals surface area contributed by atoms with Gasteiger partial charge in [-0.05, 0) is 43.2 Å². The van der Waals surface area contributed by atoms with Gasteiger partial charge in [0.2, 0.25) is 5.91 Å². The van der Waals surface area contributed by atoms with E-state index in [0.29, 0.717) is 5.69 Å². The summed E-state index contributed by atoms with van der Waals surface area (Å²) in [5.41, 5.74) is 10.3. The van der Waals surface area contributed by atoms with Gasteiger partial charge in [-0.15, -0.1) is 0 Å². The maximum atomic E-state index is 11.9. The van der Waals surface area contributed by atoms with Crippen molar-refractivity contribution in [3.05, 3.63) is 65.2 Å². The second-order valence-electron chi connectivity index (χ2n) is 4.81. The van der Waals surface area contributed by atoms with Crippen LogP contribution in [0.2, 0.25) is 0 Å². The molecule has 0 saturated carbocycles. The fourth-order valence-corrected chi connectivity index (χ4v) is 1.80. The Morgan fingerprint density at radius 3 is 2.50 bits per heavy atom. The molecule has 0 saturated heterocycles. The number of nitrogen functional groups attached to an aromatic ring is 1. The van der Waals surface area contributed by atoms with Crippen LogP contribution in [0.1, 0.15) is 16.7 Å². The van der Waals surface area contributed by atoms with E-state index in [1.54, 1.807) is 12.1 Å². The van der Waals surface area contributed by atoms with Gasteiger partial charge in [0.05, 0.1) is 0 Å². The van der Waals surface area contributed by atoms with Crippen molar-refractivity contribution >= 4 is 23.4 Å². The third kappa shape index (κ3) is 3.72. The maximum Gasteiger partial charge on any atom is 0.248 e. The number of hydrogen-bond acceptors (Lipinski definition) is 2. The first-order valence-electron chi connectivity index (χ1n) is 6.46. The zero-order chi connectivity index (χ0) is 14.5. The molecular formula is C17H18N2O. The van der Waals surface area contributed by atoms with Gasteiger partial charge in [0.15, 0.2) is 0 Å². The molecule has 0 aliphatic carbocycles. The molecule has 0 aliphatic heterocycles. The summed E-state index contributed by atoms with van der Waals surface area (Å²) in [7, 11) is 0. The van der Waals surface area contributed by atoms with Gasteiger partial charge in [0, 0.05) is 17.5 Å². The zero-order valence-corrected chi connectivity index (χ0v) is 11.7. The first kappa shape index (κ1) is 13.9. The lowest BCUT2D eigenvalue weighted by Gasteiger charge is -2.07. The summed E-state index contributed by atoms with van der Waals surface area (Å²) in [5, 5.41) is 2.83. The molecule has 0 unspecified atom stereocenters. The van der Waals surface area contributed by atoms with Crippen LogP contribution in [0.15, 0.2) is 48.5 Å². The molecule has 0 bridgehead atoms. The Hall–Kier alpha value is -2.55. The molecule has 0 atom stereocenters. The van der Waals surface area contributed by atoms with E-state index in [1.807, 2.05) is 50.2 Å². The van der Waals surface area contributed by atoms with Gasteiger partial charge >= 0.3 is 0 Å². The number of carbonyl (C=O) groups is 1. The minimum absolute atomic E-state index is 0.167. The van der Waals surface area contributed by atoms with Crippen molar-refractivity contribution in [1.82, 2.24) is 0 Å². The molecule has 2 aromatic carbocycles. The van der Waals surface area contributed by atoms with Crippen molar-refractivity contribution in [1.29, 1.82) is 0 Å². The highest BCUT2D eigenvalue weighted by molar-refractivity contribution is 6.02. The van der Waals surface area contributed by atoms with E-state index >= 15 is 0 Å². The number of amides is 1. The van der Waals surface area contributed by atoms with Crippen LogP contribution in [0.4, 0.5) is 11.4 Å². The number of benzene rings is 2. The monoisotopic (exact) mass is 266 g/mol. The summed E-state index contributed by atoms with van der Waals surface area (Å²) in [6, 6.07) is 13.4. The van der Waals surface area contributed by atoms with Gasteiger partial charge in [0.1, 0.15) is 0 Å². The normalized spacial score (nSPS) is 10.7. The van der Waals surface area contributed by atoms with E-state index in [9.17, 15) is 4.79 Å². The van der Waals surface area contributed by atoms with Crippen molar-refractivity contribution < 1.29 is 4.79 Å². The number of hydrogen-bond donors (Lipinski definition) is 2. The van der Waals surface area contributed by atoms with Crippen LogP contribution < -0.4 is 11.1 Å². The Labute approximate surface area is 119 Å². The van der Waals surface area contributed by atoms with Gasteiger partial charge in [0.25, 0.3) is 0 Å². The van der Waals surface area contributed by atoms with Crippen LogP contribution in [-0.2, 0) is 4.79 Å². The minimum Gasteiger partial charge on any atom is -0.399 e. The Morgan fingerprint density at radius 1 is 1.10 bits per heavy atom. The molecule has 1 amide bonds. The van der Waals surface area contributed by atoms with Gasteiger partial charge in [-0.1, -0.05) is 35.9 Å². The van der Waals surface area contributed by atoms with Crippen molar-refractivity contribution in [3.63, 3.8) is 0 Å². The third-order valence-electron chi connectivity index (χ3n) is 3.02. The van der Waals surface area contributed by atoms with Crippen molar-refractivity contribution in [2.24, 2.45) is 0 Å². The summed E-state index contributed by atoms with van der Waals surface area (Å²) >= 11 is 0. The second-order valence-corrected chi connectivity index (χ2v) is 4.81. The summed E-state index contributed by atoms with van der Waals surface area (Å²) in [6.45, 7) is 3.96. The molecule has 20 heavy (non-hydrogen) atoms. The Bertz CT molecular complexity index is 643. The lowest BCUT2D eigenvalue weighted by molar-refractivity contribution is -0.111. The molecule has 0 aliphatic rings. The van der Waals surface area contributed by atoms with Crippen LogP contribution >= 0.6 is 0 Å². The molecule has 3 heteroatoms. The molecule has 0 spiro atoms. The standard InChI is InChI=1S/C17H18N2O/c1-12-3-6-14(7-4-12)8-10-17(20)19-16-11-15(18)9-5-13(16)2/h3-11H,18H2,1-2H3,(H,19,20)/b10-8+. The molecule has 0 aromatic heterocycles. The van der Waals surface area contributed by atoms with Gasteiger partial charge in [-0.2, -0.15) is 0 Å². The number of anilines is 2. The van der Waals surface area contributed by atoms with Gasteiger partial charge in [-0.3, -0.25) is 4.79 Å². The smallest absolute Gasteiger partial charge is 0.248 e. The van der Waals surface area contributed by atoms with Crippen LogP contribution in [0.5, 0.6) is 0 Å². The Morgan fingerprint density at radius 2 is 1.80 bits per heavy atom. The number of aryl methyl sites for hydroxylation is 2. The fraction of sp³-hybridized carbons (Fsp3) is 0.118. The summed E-state index contributed by atoms with van der Waals surface area (Å²) in [4.78, 5) is 11.9. The lowest BCUT2D eigenvalue weighted by atomic mass is 10.1. The third-order valence-corrected chi connectivity index (χ3v) is 3.02. The quantitative estimate of drug-likeness (QED) is 0.659. The molecular weight excluding hydrogens is 248 g/mol. The maximum absolute atomic E-state index is 11.9. The van der Waals surface area contributed by atoms with Crippen LogP contribution in [0.3, 0.4) is 0 Å². The highest BCUT2D eigenvalue weighted by Crippen LogP contribution is 2.18. The topological polar surface area (TPSA) is 55.1 Å². The number of nitrogens with one attached hydrogen (secondary N) is 1. The molecule has 2 rings (SSSR count). The highest BCUT2D eigenvalue weighted by Gasteiger charge is 2.02. The Kier molecular flexibility index (Phi) is 4.20. The van der Waals surface area contributed by atoms with E-state index < -0.39 is 0 Å². The molecule has 0 heterocycles. The molecule has 3 N–H and O–H groups in total. The molecule has 0 radical (unpaired) electrons. The van der Waals surface area contributed by atoms with E-state index in [1.165, 1.54) is 11.6 Å². The SMILES string of the molecule is Cc1ccc(/C=C/C(=O)Nc2cc(N)ccc2C)cc1. The number of nitrogens with two attached hydrogens (primary N) is 1. The van der Waals surface area contributed by atoms with Crippen molar-refractivity contribution in [3.8, 4) is 0 Å². The summed E-state index contributed by atoms with van der Waals surface area (Å²) in [5.74, 6) is -0.167. The molecule has 102 valence electrons. The fourth-order valence-electron chi connectivity index (χ4n) is 1.80. The van der Waals surface area contributed by atoms with Crippen molar-refractivity contribution in [2.45, 2.75) is 13.8 Å². The van der Waals surface area contributed by atoms with Crippen LogP contribution in [-0.4, -0.2) is 5.91 Å². The number of carbonyl (C=O) groups excluding carboxylic acids is 1. The Balaban J connectivity index is 2.05. The van der Waals surface area contributed by atoms with Gasteiger partial charge in [-0.25, -0.2) is 0 Å².